The minimum atomic E-state index is -0.753. The molecule has 0 saturated heterocycles. The van der Waals surface area contributed by atoms with Crippen LogP contribution < -0.4 is 5.32 Å². The highest BCUT2D eigenvalue weighted by Crippen LogP contribution is 2.40. The second-order valence-electron chi connectivity index (χ2n) is 8.28. The second-order valence-corrected chi connectivity index (χ2v) is 8.66. The Bertz CT molecular complexity index is 924. The quantitative estimate of drug-likeness (QED) is 0.658. The third-order valence-corrected chi connectivity index (χ3v) is 4.83. The van der Waals surface area contributed by atoms with E-state index in [1.54, 1.807) is 0 Å². The van der Waals surface area contributed by atoms with Crippen LogP contribution in [0.25, 0.3) is 0 Å². The van der Waals surface area contributed by atoms with Crippen LogP contribution in [-0.4, -0.2) is 40.7 Å². The maximum absolute atomic E-state index is 12.9. The highest BCUT2D eigenvalue weighted by Gasteiger charge is 2.32. The largest absolute Gasteiger partial charge is 0.464 e. The van der Waals surface area contributed by atoms with Gasteiger partial charge in [0.15, 0.2) is 5.69 Å². The van der Waals surface area contributed by atoms with Crippen LogP contribution in [0.1, 0.15) is 61.4 Å². The normalized spacial score (nSPS) is 14.7. The van der Waals surface area contributed by atoms with Gasteiger partial charge in [-0.2, -0.15) is 0 Å². The van der Waals surface area contributed by atoms with Crippen LogP contribution in [0.15, 0.2) is 30.3 Å². The minimum Gasteiger partial charge on any atom is -0.464 e. The Balaban J connectivity index is 1.95. The topological polar surface area (TPSA) is 90.4 Å². The predicted molar refractivity (Wildman–Crippen MR) is 114 cm³/mol. The lowest BCUT2D eigenvalue weighted by Gasteiger charge is -2.25. The van der Waals surface area contributed by atoms with Crippen LogP contribution in [0.5, 0.6) is 0 Å². The standard InChI is InChI=1S/C22H26ClN3O4/c1-22(2,3)30-20(27)15(12-13-8-6-5-7-9-13)24-19-16(23)17(21(28)29-4)25-18(26-19)14-10-11-14/h5-9,14-15H,10-12H2,1-4H3,(H,24,25,26)/t15-/m0/s1. The van der Waals surface area contributed by atoms with E-state index in [-0.39, 0.29) is 22.5 Å². The average molecular weight is 432 g/mol. The Morgan fingerprint density at radius 3 is 2.43 bits per heavy atom. The van der Waals surface area contributed by atoms with Crippen molar-refractivity contribution in [1.82, 2.24) is 9.97 Å². The average Bonchev–Trinajstić information content (AvgIpc) is 3.53. The maximum Gasteiger partial charge on any atom is 0.358 e. The lowest BCUT2D eigenvalue weighted by molar-refractivity contribution is -0.155. The fourth-order valence-electron chi connectivity index (χ4n) is 2.90. The van der Waals surface area contributed by atoms with E-state index in [1.807, 2.05) is 51.1 Å². The zero-order valence-electron chi connectivity index (χ0n) is 17.6. The van der Waals surface area contributed by atoms with Gasteiger partial charge in [-0.3, -0.25) is 0 Å². The van der Waals surface area contributed by atoms with E-state index in [1.165, 1.54) is 7.11 Å². The minimum absolute atomic E-state index is 0.0128. The number of carbonyl (C=O) groups is 2. The van der Waals surface area contributed by atoms with E-state index in [2.05, 4.69) is 15.3 Å². The van der Waals surface area contributed by atoms with Gasteiger partial charge < -0.3 is 14.8 Å². The van der Waals surface area contributed by atoms with Crippen molar-refractivity contribution in [3.8, 4) is 0 Å². The van der Waals surface area contributed by atoms with Crippen molar-refractivity contribution in [3.05, 3.63) is 52.4 Å². The molecule has 1 aromatic carbocycles. The van der Waals surface area contributed by atoms with Gasteiger partial charge in [-0.25, -0.2) is 19.6 Å². The van der Waals surface area contributed by atoms with Crippen LogP contribution in [-0.2, 0) is 20.7 Å². The Kier molecular flexibility index (Phi) is 6.61. The molecule has 3 rings (SSSR count). The highest BCUT2D eigenvalue weighted by molar-refractivity contribution is 6.35. The maximum atomic E-state index is 12.9. The highest BCUT2D eigenvalue weighted by atomic mass is 35.5. The smallest absolute Gasteiger partial charge is 0.358 e. The van der Waals surface area contributed by atoms with E-state index in [9.17, 15) is 9.59 Å². The summed E-state index contributed by atoms with van der Waals surface area (Å²) in [6.07, 6.45) is 2.25. The van der Waals surface area contributed by atoms with Gasteiger partial charge in [0.05, 0.1) is 7.11 Å². The number of hydrogen-bond donors (Lipinski definition) is 1. The number of carbonyl (C=O) groups excluding carboxylic acids is 2. The molecule has 1 N–H and O–H groups in total. The number of anilines is 1. The number of nitrogens with zero attached hydrogens (tertiary/aromatic N) is 2. The number of esters is 2. The molecular weight excluding hydrogens is 406 g/mol. The molecule has 0 bridgehead atoms. The molecule has 1 aliphatic rings. The summed E-state index contributed by atoms with van der Waals surface area (Å²) in [5.74, 6) is -0.163. The summed E-state index contributed by atoms with van der Waals surface area (Å²) in [6, 6.07) is 8.81. The monoisotopic (exact) mass is 431 g/mol. The summed E-state index contributed by atoms with van der Waals surface area (Å²) < 4.78 is 10.4. The summed E-state index contributed by atoms with van der Waals surface area (Å²) in [5.41, 5.74) is 0.280. The van der Waals surface area contributed by atoms with Gasteiger partial charge in [-0.05, 0) is 39.2 Å². The molecule has 1 atom stereocenters. The first-order chi connectivity index (χ1) is 14.2. The fraction of sp³-hybridized carbons (Fsp3) is 0.455. The Morgan fingerprint density at radius 2 is 1.87 bits per heavy atom. The number of rotatable bonds is 7. The van der Waals surface area contributed by atoms with Crippen LogP contribution in [0.3, 0.4) is 0 Å². The van der Waals surface area contributed by atoms with Gasteiger partial charge in [0.2, 0.25) is 0 Å². The molecule has 160 valence electrons. The first kappa shape index (κ1) is 22.0. The van der Waals surface area contributed by atoms with Crippen LogP contribution in [0.4, 0.5) is 5.82 Å². The van der Waals surface area contributed by atoms with Gasteiger partial charge in [0.1, 0.15) is 28.3 Å². The molecule has 30 heavy (non-hydrogen) atoms. The van der Waals surface area contributed by atoms with Crippen LogP contribution in [0.2, 0.25) is 5.02 Å². The molecule has 0 amide bonds. The van der Waals surface area contributed by atoms with Crippen molar-refractivity contribution in [1.29, 1.82) is 0 Å². The van der Waals surface area contributed by atoms with Crippen LogP contribution >= 0.6 is 11.6 Å². The molecule has 1 fully saturated rings. The lowest BCUT2D eigenvalue weighted by Crippen LogP contribution is -2.38. The van der Waals surface area contributed by atoms with Crippen molar-refractivity contribution in [2.75, 3.05) is 12.4 Å². The zero-order valence-corrected chi connectivity index (χ0v) is 18.3. The summed E-state index contributed by atoms with van der Waals surface area (Å²) >= 11 is 6.42. The molecule has 1 heterocycles. The Morgan fingerprint density at radius 1 is 1.20 bits per heavy atom. The molecule has 0 aliphatic heterocycles. The molecule has 0 radical (unpaired) electrons. The van der Waals surface area contributed by atoms with Crippen molar-refractivity contribution in [2.45, 2.75) is 57.6 Å². The number of hydrogen-bond acceptors (Lipinski definition) is 7. The SMILES string of the molecule is COC(=O)c1nc(C2CC2)nc(N[C@@H](Cc2ccccc2)C(=O)OC(C)(C)C)c1Cl. The van der Waals surface area contributed by atoms with Gasteiger partial charge in [0, 0.05) is 12.3 Å². The second kappa shape index (κ2) is 9.00. The summed E-state index contributed by atoms with van der Waals surface area (Å²) in [4.78, 5) is 33.9. The fourth-order valence-corrected chi connectivity index (χ4v) is 3.11. The molecule has 2 aromatic rings. The Hall–Kier alpha value is -2.67. The summed E-state index contributed by atoms with van der Waals surface area (Å²) in [6.45, 7) is 5.42. The van der Waals surface area contributed by atoms with Crippen molar-refractivity contribution < 1.29 is 19.1 Å². The number of ether oxygens (including phenoxy) is 2. The van der Waals surface area contributed by atoms with Crippen molar-refractivity contribution in [3.63, 3.8) is 0 Å². The van der Waals surface area contributed by atoms with E-state index >= 15 is 0 Å². The predicted octanol–water partition coefficient (Wildman–Crippen LogP) is 4.16. The van der Waals surface area contributed by atoms with Crippen molar-refractivity contribution in [2.24, 2.45) is 0 Å². The third-order valence-electron chi connectivity index (χ3n) is 4.47. The zero-order chi connectivity index (χ0) is 21.9. The first-order valence-electron chi connectivity index (χ1n) is 9.87. The molecule has 0 unspecified atom stereocenters. The van der Waals surface area contributed by atoms with E-state index in [0.29, 0.717) is 12.2 Å². The van der Waals surface area contributed by atoms with Crippen LogP contribution in [0, 0.1) is 0 Å². The molecule has 0 spiro atoms. The third kappa shape index (κ3) is 5.69. The van der Waals surface area contributed by atoms with Gasteiger partial charge in [-0.1, -0.05) is 41.9 Å². The van der Waals surface area contributed by atoms with Gasteiger partial charge in [-0.15, -0.1) is 0 Å². The summed E-state index contributed by atoms with van der Waals surface area (Å²) in [7, 11) is 1.27. The van der Waals surface area contributed by atoms with Gasteiger partial charge in [0.25, 0.3) is 0 Å². The lowest BCUT2D eigenvalue weighted by atomic mass is 10.1. The molecule has 1 aliphatic carbocycles. The first-order valence-corrected chi connectivity index (χ1v) is 10.2. The van der Waals surface area contributed by atoms with Crippen molar-refractivity contribution >= 4 is 29.4 Å². The molecule has 8 heteroatoms. The van der Waals surface area contributed by atoms with E-state index in [4.69, 9.17) is 21.1 Å². The molecule has 7 nitrogen and oxygen atoms in total. The number of benzene rings is 1. The molecule has 1 saturated carbocycles. The van der Waals surface area contributed by atoms with E-state index < -0.39 is 23.6 Å². The molecule has 1 aromatic heterocycles. The van der Waals surface area contributed by atoms with Gasteiger partial charge >= 0.3 is 11.9 Å². The summed E-state index contributed by atoms with van der Waals surface area (Å²) in [5, 5.41) is 3.12. The molecular formula is C22H26ClN3O4. The Labute approximate surface area is 181 Å². The van der Waals surface area contributed by atoms with E-state index in [0.717, 1.165) is 18.4 Å². The number of nitrogens with one attached hydrogen (secondary N) is 1. The number of methoxy groups -OCH3 is 1. The number of aromatic nitrogens is 2. The number of halogens is 1.